The molecule has 3 N–H and O–H groups in total. The Bertz CT molecular complexity index is 851. The molecule has 136 valence electrons. The molecule has 0 radical (unpaired) electrons. The zero-order chi connectivity index (χ0) is 18.2. The van der Waals surface area contributed by atoms with Crippen molar-refractivity contribution in [2.75, 3.05) is 20.1 Å². The lowest BCUT2D eigenvalue weighted by Crippen LogP contribution is -2.39. The number of aromatic nitrogens is 2. The smallest absolute Gasteiger partial charge is 0.190 e. The molecule has 0 saturated carbocycles. The summed E-state index contributed by atoms with van der Waals surface area (Å²) in [5.74, 6) is 0.829. The van der Waals surface area contributed by atoms with Crippen LogP contribution in [0.25, 0.3) is 10.9 Å². The van der Waals surface area contributed by atoms with Crippen LogP contribution in [0.15, 0.2) is 53.8 Å². The summed E-state index contributed by atoms with van der Waals surface area (Å²) in [4.78, 5) is 12.1. The fraction of sp³-hybridized carbons (Fsp3) is 0.333. The highest BCUT2D eigenvalue weighted by atomic mass is 15.2. The number of benzene rings is 1. The van der Waals surface area contributed by atoms with Crippen LogP contribution in [0, 0.1) is 0 Å². The van der Waals surface area contributed by atoms with Crippen molar-refractivity contribution in [3.05, 3.63) is 65.6 Å². The Labute approximate surface area is 155 Å². The minimum Gasteiger partial charge on any atom is -0.361 e. The number of para-hydroxylation sites is 1. The summed E-state index contributed by atoms with van der Waals surface area (Å²) in [6.45, 7) is 3.84. The Morgan fingerprint density at radius 1 is 1.04 bits per heavy atom. The third-order valence-electron chi connectivity index (χ3n) is 4.58. The minimum absolute atomic E-state index is 0.809. The number of H-pyrrole nitrogens is 1. The first-order chi connectivity index (χ1) is 12.8. The van der Waals surface area contributed by atoms with E-state index in [1.165, 1.54) is 22.0 Å². The monoisotopic (exact) mass is 349 g/mol. The van der Waals surface area contributed by atoms with Crippen LogP contribution in [0.3, 0.4) is 0 Å². The van der Waals surface area contributed by atoms with E-state index in [0.29, 0.717) is 0 Å². The van der Waals surface area contributed by atoms with Gasteiger partial charge >= 0.3 is 0 Å². The summed E-state index contributed by atoms with van der Waals surface area (Å²) >= 11 is 0. The molecule has 2 heterocycles. The molecule has 0 bridgehead atoms. The summed E-state index contributed by atoms with van der Waals surface area (Å²) in [7, 11) is 1.80. The maximum absolute atomic E-state index is 4.34. The first-order valence-electron chi connectivity index (χ1n) is 9.24. The molecule has 26 heavy (non-hydrogen) atoms. The maximum Gasteiger partial charge on any atom is 0.190 e. The van der Waals surface area contributed by atoms with E-state index in [4.69, 9.17) is 0 Å². The van der Waals surface area contributed by atoms with Crippen LogP contribution in [0.1, 0.15) is 23.7 Å². The van der Waals surface area contributed by atoms with Crippen LogP contribution < -0.4 is 10.6 Å². The zero-order valence-corrected chi connectivity index (χ0v) is 15.5. The molecule has 0 fully saturated rings. The number of nitrogens with zero attached hydrogens (tertiary/aromatic N) is 2. The molecule has 0 atom stereocenters. The number of aromatic amines is 1. The minimum atomic E-state index is 0.809. The van der Waals surface area contributed by atoms with Gasteiger partial charge in [0.05, 0.1) is 0 Å². The van der Waals surface area contributed by atoms with Crippen molar-refractivity contribution >= 4 is 16.9 Å². The number of hydrogen-bond donors (Lipinski definition) is 3. The molecule has 0 saturated heterocycles. The van der Waals surface area contributed by atoms with Gasteiger partial charge in [-0.3, -0.25) is 9.98 Å². The molecule has 5 heteroatoms. The highest BCUT2D eigenvalue weighted by Gasteiger charge is 2.06. The Morgan fingerprint density at radius 2 is 1.88 bits per heavy atom. The predicted octanol–water partition coefficient (Wildman–Crippen LogP) is 3.08. The van der Waals surface area contributed by atoms with E-state index in [2.05, 4.69) is 56.9 Å². The van der Waals surface area contributed by atoms with Gasteiger partial charge in [0.15, 0.2) is 5.96 Å². The molecular formula is C21H27N5. The van der Waals surface area contributed by atoms with Gasteiger partial charge in [-0.1, -0.05) is 31.2 Å². The van der Waals surface area contributed by atoms with Crippen molar-refractivity contribution in [2.45, 2.75) is 26.2 Å². The first-order valence-corrected chi connectivity index (χ1v) is 9.24. The fourth-order valence-corrected chi connectivity index (χ4v) is 3.17. The summed E-state index contributed by atoms with van der Waals surface area (Å²) in [6, 6.07) is 12.5. The van der Waals surface area contributed by atoms with Crippen molar-refractivity contribution in [3.63, 3.8) is 0 Å². The average molecular weight is 349 g/mol. The number of aryl methyl sites for hydroxylation is 1. The van der Waals surface area contributed by atoms with E-state index in [1.807, 2.05) is 24.4 Å². The van der Waals surface area contributed by atoms with Crippen LogP contribution >= 0.6 is 0 Å². The summed E-state index contributed by atoms with van der Waals surface area (Å²) < 4.78 is 0. The Hall–Kier alpha value is -2.82. The lowest BCUT2D eigenvalue weighted by Gasteiger charge is -2.11. The highest BCUT2D eigenvalue weighted by molar-refractivity contribution is 5.86. The normalized spacial score (nSPS) is 11.7. The Kier molecular flexibility index (Phi) is 6.25. The van der Waals surface area contributed by atoms with Crippen molar-refractivity contribution in [1.82, 2.24) is 20.6 Å². The van der Waals surface area contributed by atoms with Crippen LogP contribution in [0.4, 0.5) is 0 Å². The molecule has 0 aliphatic carbocycles. The predicted molar refractivity (Wildman–Crippen MR) is 109 cm³/mol. The molecule has 2 aromatic heterocycles. The third-order valence-corrected chi connectivity index (χ3v) is 4.58. The van der Waals surface area contributed by atoms with Crippen molar-refractivity contribution in [3.8, 4) is 0 Å². The molecule has 0 aliphatic heterocycles. The van der Waals surface area contributed by atoms with Gasteiger partial charge < -0.3 is 15.6 Å². The molecule has 0 amide bonds. The van der Waals surface area contributed by atoms with Gasteiger partial charge in [-0.15, -0.1) is 0 Å². The second kappa shape index (κ2) is 9.04. The molecule has 5 nitrogen and oxygen atoms in total. The van der Waals surface area contributed by atoms with Crippen LogP contribution in [-0.2, 0) is 19.3 Å². The van der Waals surface area contributed by atoms with Gasteiger partial charge in [0, 0.05) is 55.5 Å². The third kappa shape index (κ3) is 4.42. The van der Waals surface area contributed by atoms with Crippen LogP contribution in [0.2, 0.25) is 0 Å². The van der Waals surface area contributed by atoms with Gasteiger partial charge in [-0.05, 0) is 36.1 Å². The number of nitrogens with one attached hydrogen (secondary N) is 3. The van der Waals surface area contributed by atoms with Gasteiger partial charge in [0.1, 0.15) is 0 Å². The summed E-state index contributed by atoms with van der Waals surface area (Å²) in [5, 5.41) is 8.06. The molecule has 0 unspecified atom stereocenters. The van der Waals surface area contributed by atoms with Crippen LogP contribution in [-0.4, -0.2) is 36.1 Å². The van der Waals surface area contributed by atoms with E-state index in [9.17, 15) is 0 Å². The number of guanidine groups is 1. The van der Waals surface area contributed by atoms with Gasteiger partial charge in [0.25, 0.3) is 0 Å². The van der Waals surface area contributed by atoms with Crippen molar-refractivity contribution in [2.24, 2.45) is 4.99 Å². The molecular weight excluding hydrogens is 322 g/mol. The van der Waals surface area contributed by atoms with Crippen LogP contribution in [0.5, 0.6) is 0 Å². The second-order valence-corrected chi connectivity index (χ2v) is 6.25. The fourth-order valence-electron chi connectivity index (χ4n) is 3.17. The first kappa shape index (κ1) is 18.0. The van der Waals surface area contributed by atoms with Crippen molar-refractivity contribution in [1.29, 1.82) is 0 Å². The van der Waals surface area contributed by atoms with Gasteiger partial charge in [0.2, 0.25) is 0 Å². The molecule has 0 aliphatic rings. The molecule has 3 aromatic rings. The number of fused-ring (bicyclic) bond motifs is 1. The average Bonchev–Trinajstić information content (AvgIpc) is 3.11. The summed E-state index contributed by atoms with van der Waals surface area (Å²) in [5.41, 5.74) is 5.06. The number of aliphatic imine (C=N–C) groups is 1. The Balaban J connectivity index is 1.49. The standard InChI is InChI=1S/C21H27N5/c1-3-16-7-6-9-19-17(15-26-20(16)19)10-13-24-21(22-2)25-14-11-18-8-4-5-12-23-18/h4-9,12,15,26H,3,10-11,13-14H2,1-2H3,(H2,22,24,25). The molecule has 0 spiro atoms. The van der Waals surface area contributed by atoms with Crippen molar-refractivity contribution < 1.29 is 0 Å². The van der Waals surface area contributed by atoms with E-state index in [-0.39, 0.29) is 0 Å². The quantitative estimate of drug-likeness (QED) is 0.454. The maximum atomic E-state index is 4.34. The van der Waals surface area contributed by atoms with E-state index in [1.54, 1.807) is 7.05 Å². The largest absolute Gasteiger partial charge is 0.361 e. The topological polar surface area (TPSA) is 65.1 Å². The van der Waals surface area contributed by atoms with E-state index < -0.39 is 0 Å². The van der Waals surface area contributed by atoms with E-state index in [0.717, 1.165) is 44.0 Å². The lowest BCUT2D eigenvalue weighted by atomic mass is 10.1. The summed E-state index contributed by atoms with van der Waals surface area (Å²) in [6.07, 6.45) is 6.83. The highest BCUT2D eigenvalue weighted by Crippen LogP contribution is 2.22. The lowest BCUT2D eigenvalue weighted by molar-refractivity contribution is 0.777. The number of hydrogen-bond acceptors (Lipinski definition) is 2. The number of pyridine rings is 1. The Morgan fingerprint density at radius 3 is 2.62 bits per heavy atom. The zero-order valence-electron chi connectivity index (χ0n) is 15.5. The van der Waals surface area contributed by atoms with Gasteiger partial charge in [-0.2, -0.15) is 0 Å². The molecule has 3 rings (SSSR count). The molecule has 1 aromatic carbocycles. The van der Waals surface area contributed by atoms with E-state index >= 15 is 0 Å². The number of rotatable bonds is 7. The van der Waals surface area contributed by atoms with Gasteiger partial charge in [-0.25, -0.2) is 0 Å². The SMILES string of the molecule is CCc1cccc2c(CCNC(=NC)NCCc3ccccn3)c[nH]c12. The second-order valence-electron chi connectivity index (χ2n) is 6.25.